The Morgan fingerprint density at radius 3 is 2.55 bits per heavy atom. The van der Waals surface area contributed by atoms with Gasteiger partial charge in [0.2, 0.25) is 0 Å². The molecule has 11 heavy (non-hydrogen) atoms. The number of hydrogen-bond donors (Lipinski definition) is 0. The van der Waals surface area contributed by atoms with E-state index < -0.39 is 0 Å². The summed E-state index contributed by atoms with van der Waals surface area (Å²) in [7, 11) is 0. The SMILES string of the molecule is FCSC(Br)c1ccccc1. The van der Waals surface area contributed by atoms with Gasteiger partial charge in [-0.3, -0.25) is 0 Å². The standard InChI is InChI=1S/C8H8BrFS/c9-8(11-6-10)7-4-2-1-3-5-7/h1-5,8H,6H2. The van der Waals surface area contributed by atoms with Crippen molar-refractivity contribution >= 4 is 27.7 Å². The Kier molecular flexibility index (Phi) is 3.94. The van der Waals surface area contributed by atoms with Crippen molar-refractivity contribution in [3.63, 3.8) is 0 Å². The summed E-state index contributed by atoms with van der Waals surface area (Å²) in [4.78, 5) is 0. The van der Waals surface area contributed by atoms with Gasteiger partial charge in [0, 0.05) is 0 Å². The van der Waals surface area contributed by atoms with Crippen LogP contribution in [0.3, 0.4) is 0 Å². The second kappa shape index (κ2) is 4.78. The van der Waals surface area contributed by atoms with Crippen LogP contribution in [-0.4, -0.2) is 6.01 Å². The first-order valence-corrected chi connectivity index (χ1v) is 5.17. The van der Waals surface area contributed by atoms with Gasteiger partial charge in [-0.15, -0.1) is 11.8 Å². The maximum absolute atomic E-state index is 11.9. The van der Waals surface area contributed by atoms with E-state index in [-0.39, 0.29) is 10.2 Å². The zero-order chi connectivity index (χ0) is 8.10. The number of alkyl halides is 2. The summed E-state index contributed by atoms with van der Waals surface area (Å²) in [5.41, 5.74) is 1.11. The highest BCUT2D eigenvalue weighted by molar-refractivity contribution is 9.11. The van der Waals surface area contributed by atoms with Crippen LogP contribution in [0, 0.1) is 0 Å². The van der Waals surface area contributed by atoms with E-state index in [1.54, 1.807) is 0 Å². The second-order valence-electron chi connectivity index (χ2n) is 2.00. The van der Waals surface area contributed by atoms with Gasteiger partial charge in [0.05, 0.1) is 4.16 Å². The molecule has 0 saturated heterocycles. The Hall–Kier alpha value is -0.0200. The monoisotopic (exact) mass is 234 g/mol. The Labute approximate surface area is 78.3 Å². The van der Waals surface area contributed by atoms with Crippen molar-refractivity contribution < 1.29 is 4.39 Å². The summed E-state index contributed by atoms with van der Waals surface area (Å²) < 4.78 is 11.9. The second-order valence-corrected chi connectivity index (χ2v) is 4.55. The lowest BCUT2D eigenvalue weighted by Gasteiger charge is -2.05. The lowest BCUT2D eigenvalue weighted by molar-refractivity contribution is 0.605. The fourth-order valence-corrected chi connectivity index (χ4v) is 1.82. The molecule has 0 aromatic heterocycles. The van der Waals surface area contributed by atoms with Gasteiger partial charge >= 0.3 is 0 Å². The fraction of sp³-hybridized carbons (Fsp3) is 0.250. The molecule has 1 aromatic carbocycles. The molecule has 0 aliphatic carbocycles. The van der Waals surface area contributed by atoms with E-state index in [4.69, 9.17) is 0 Å². The zero-order valence-corrected chi connectivity index (χ0v) is 8.24. The van der Waals surface area contributed by atoms with Crippen LogP contribution < -0.4 is 0 Å². The van der Waals surface area contributed by atoms with Gasteiger partial charge in [0.25, 0.3) is 0 Å². The summed E-state index contributed by atoms with van der Waals surface area (Å²) in [6, 6.07) is 9.43. The third kappa shape index (κ3) is 2.83. The van der Waals surface area contributed by atoms with Gasteiger partial charge in [-0.05, 0) is 5.56 Å². The summed E-state index contributed by atoms with van der Waals surface area (Å²) in [6.07, 6.45) is 0. The number of benzene rings is 1. The quantitative estimate of drug-likeness (QED) is 0.719. The summed E-state index contributed by atoms with van der Waals surface area (Å²) >= 11 is 4.60. The van der Waals surface area contributed by atoms with Gasteiger partial charge in [0.15, 0.2) is 0 Å². The Morgan fingerprint density at radius 2 is 2.00 bits per heavy atom. The van der Waals surface area contributed by atoms with E-state index in [1.165, 1.54) is 11.8 Å². The van der Waals surface area contributed by atoms with Crippen LogP contribution in [0.5, 0.6) is 0 Å². The number of rotatable bonds is 3. The molecule has 1 unspecified atom stereocenters. The molecule has 0 fully saturated rings. The Bertz CT molecular complexity index is 203. The number of thioether (sulfide) groups is 1. The lowest BCUT2D eigenvalue weighted by atomic mass is 10.2. The molecule has 60 valence electrons. The molecule has 0 N–H and O–H groups in total. The van der Waals surface area contributed by atoms with E-state index in [9.17, 15) is 4.39 Å². The molecular formula is C8H8BrFS. The van der Waals surface area contributed by atoms with Crippen LogP contribution in [0.15, 0.2) is 30.3 Å². The number of hydrogen-bond acceptors (Lipinski definition) is 1. The minimum atomic E-state index is -0.356. The van der Waals surface area contributed by atoms with E-state index in [0.717, 1.165) is 5.56 Å². The molecule has 0 spiro atoms. The molecule has 0 aliphatic rings. The average Bonchev–Trinajstić information content (AvgIpc) is 2.07. The van der Waals surface area contributed by atoms with Gasteiger partial charge in [-0.1, -0.05) is 46.3 Å². The molecule has 1 aromatic rings. The van der Waals surface area contributed by atoms with Crippen LogP contribution in [0.2, 0.25) is 0 Å². The van der Waals surface area contributed by atoms with E-state index in [0.29, 0.717) is 0 Å². The van der Waals surface area contributed by atoms with E-state index in [2.05, 4.69) is 15.9 Å². The predicted molar refractivity (Wildman–Crippen MR) is 51.7 cm³/mol. The molecule has 1 atom stereocenters. The minimum Gasteiger partial charge on any atom is -0.239 e. The van der Waals surface area contributed by atoms with Gasteiger partial charge in [-0.25, -0.2) is 4.39 Å². The van der Waals surface area contributed by atoms with Gasteiger partial charge in [0.1, 0.15) is 6.01 Å². The number of halogens is 2. The van der Waals surface area contributed by atoms with Crippen molar-refractivity contribution in [2.75, 3.05) is 6.01 Å². The molecule has 0 nitrogen and oxygen atoms in total. The smallest absolute Gasteiger partial charge is 0.136 e. The van der Waals surface area contributed by atoms with Gasteiger partial charge in [-0.2, -0.15) is 0 Å². The topological polar surface area (TPSA) is 0 Å². The predicted octanol–water partition coefficient (Wildman–Crippen LogP) is 3.74. The van der Waals surface area contributed by atoms with E-state index in [1.807, 2.05) is 30.3 Å². The molecule has 0 radical (unpaired) electrons. The molecule has 3 heteroatoms. The van der Waals surface area contributed by atoms with Crippen molar-refractivity contribution in [1.29, 1.82) is 0 Å². The van der Waals surface area contributed by atoms with Crippen molar-refractivity contribution in [3.05, 3.63) is 35.9 Å². The molecule has 1 rings (SSSR count). The van der Waals surface area contributed by atoms with Crippen LogP contribution in [0.25, 0.3) is 0 Å². The highest BCUT2D eigenvalue weighted by atomic mass is 79.9. The minimum absolute atomic E-state index is 0.0775. The van der Waals surface area contributed by atoms with Crippen LogP contribution in [0.4, 0.5) is 4.39 Å². The first-order valence-electron chi connectivity index (χ1n) is 3.21. The molecule has 0 amide bonds. The summed E-state index contributed by atoms with van der Waals surface area (Å²) in [6.45, 7) is 0. The highest BCUT2D eigenvalue weighted by Gasteiger charge is 2.05. The lowest BCUT2D eigenvalue weighted by Crippen LogP contribution is -1.82. The van der Waals surface area contributed by atoms with Crippen molar-refractivity contribution in [2.24, 2.45) is 0 Å². The maximum atomic E-state index is 11.9. The first-order chi connectivity index (χ1) is 5.34. The first kappa shape index (κ1) is 9.07. The fourth-order valence-electron chi connectivity index (χ4n) is 0.756. The third-order valence-corrected chi connectivity index (χ3v) is 3.28. The third-order valence-electron chi connectivity index (χ3n) is 1.27. The largest absolute Gasteiger partial charge is 0.239 e. The zero-order valence-electron chi connectivity index (χ0n) is 5.84. The van der Waals surface area contributed by atoms with Gasteiger partial charge < -0.3 is 0 Å². The highest BCUT2D eigenvalue weighted by Crippen LogP contribution is 2.34. The normalized spacial score (nSPS) is 12.9. The van der Waals surface area contributed by atoms with Crippen LogP contribution in [0.1, 0.15) is 9.72 Å². The van der Waals surface area contributed by atoms with Crippen molar-refractivity contribution in [1.82, 2.24) is 0 Å². The van der Waals surface area contributed by atoms with E-state index >= 15 is 0 Å². The van der Waals surface area contributed by atoms with Crippen LogP contribution >= 0.6 is 27.7 Å². The molecule has 0 heterocycles. The molecular weight excluding hydrogens is 227 g/mol. The van der Waals surface area contributed by atoms with Crippen LogP contribution in [-0.2, 0) is 0 Å². The van der Waals surface area contributed by atoms with Crippen molar-refractivity contribution in [3.8, 4) is 0 Å². The maximum Gasteiger partial charge on any atom is 0.136 e. The average molecular weight is 235 g/mol. The Balaban J connectivity index is 2.61. The molecule has 0 aliphatic heterocycles. The molecule has 0 bridgehead atoms. The Morgan fingerprint density at radius 1 is 1.36 bits per heavy atom. The molecule has 0 saturated carbocycles. The van der Waals surface area contributed by atoms with Crippen molar-refractivity contribution in [2.45, 2.75) is 4.16 Å². The summed E-state index contributed by atoms with van der Waals surface area (Å²) in [5.74, 6) is 0. The summed E-state index contributed by atoms with van der Waals surface area (Å²) in [5, 5.41) is 0.